The van der Waals surface area contributed by atoms with E-state index in [1.165, 1.54) is 18.1 Å². The number of halogens is 2. The molecule has 1 fully saturated rings. The highest BCUT2D eigenvalue weighted by molar-refractivity contribution is 14.1. The minimum atomic E-state index is -0.569. The van der Waals surface area contributed by atoms with Gasteiger partial charge in [0.1, 0.15) is 5.57 Å². The van der Waals surface area contributed by atoms with Crippen molar-refractivity contribution < 1.29 is 19.1 Å². The third-order valence-corrected chi connectivity index (χ3v) is 5.84. The lowest BCUT2D eigenvalue weighted by atomic mass is 10.1. The predicted octanol–water partition coefficient (Wildman–Crippen LogP) is 4.10. The molecule has 29 heavy (non-hydrogen) atoms. The molecule has 1 aliphatic rings. The first-order chi connectivity index (χ1) is 13.8. The third-order valence-electron chi connectivity index (χ3n) is 4.35. The number of hydrogen-bond donors (Lipinski definition) is 1. The molecule has 0 aromatic heterocycles. The summed E-state index contributed by atoms with van der Waals surface area (Å²) in [5.41, 5.74) is 1.75. The quantitative estimate of drug-likeness (QED) is 0.273. The molecule has 0 bridgehead atoms. The standard InChI is InChI=1S/C20H16ClIN2O4S/c1-10-13(21)5-4-6-15(10)24-19(26)12(18(25)23-20(24)29)7-11-8-14(22)17(28-3)16(9-11)27-2/h4-9H,1-3H3,(H,23,25,29)/b12-7+. The van der Waals surface area contributed by atoms with Gasteiger partial charge in [-0.1, -0.05) is 17.7 Å². The molecule has 1 N–H and O–H groups in total. The number of hydrogen-bond acceptors (Lipinski definition) is 5. The van der Waals surface area contributed by atoms with Gasteiger partial charge in [0, 0.05) is 5.02 Å². The maximum atomic E-state index is 13.2. The smallest absolute Gasteiger partial charge is 0.270 e. The lowest BCUT2D eigenvalue weighted by Gasteiger charge is -2.30. The van der Waals surface area contributed by atoms with E-state index in [4.69, 9.17) is 33.3 Å². The summed E-state index contributed by atoms with van der Waals surface area (Å²) >= 11 is 13.5. The van der Waals surface area contributed by atoms with Crippen molar-refractivity contribution in [1.82, 2.24) is 5.32 Å². The number of carbonyl (C=O) groups is 2. The fourth-order valence-corrected chi connectivity index (χ4v) is 4.19. The number of benzene rings is 2. The summed E-state index contributed by atoms with van der Waals surface area (Å²) in [4.78, 5) is 27.0. The summed E-state index contributed by atoms with van der Waals surface area (Å²) in [5.74, 6) is -0.0327. The molecule has 2 aromatic carbocycles. The lowest BCUT2D eigenvalue weighted by Crippen LogP contribution is -2.54. The zero-order chi connectivity index (χ0) is 21.3. The van der Waals surface area contributed by atoms with Crippen LogP contribution >= 0.6 is 46.4 Å². The van der Waals surface area contributed by atoms with Crippen molar-refractivity contribution in [2.45, 2.75) is 6.92 Å². The number of thiocarbonyl (C=S) groups is 1. The van der Waals surface area contributed by atoms with E-state index in [1.807, 2.05) is 0 Å². The van der Waals surface area contributed by atoms with Crippen LogP contribution in [-0.2, 0) is 9.59 Å². The van der Waals surface area contributed by atoms with Crippen molar-refractivity contribution in [1.29, 1.82) is 0 Å². The first kappa shape index (κ1) is 21.5. The molecule has 150 valence electrons. The molecule has 0 aliphatic carbocycles. The number of amides is 2. The highest BCUT2D eigenvalue weighted by Crippen LogP contribution is 2.35. The van der Waals surface area contributed by atoms with Crippen LogP contribution in [-0.4, -0.2) is 31.1 Å². The van der Waals surface area contributed by atoms with Crippen LogP contribution in [0.5, 0.6) is 11.5 Å². The van der Waals surface area contributed by atoms with Crippen molar-refractivity contribution in [3.63, 3.8) is 0 Å². The molecule has 0 saturated carbocycles. The summed E-state index contributed by atoms with van der Waals surface area (Å²) in [5, 5.41) is 3.07. The molecule has 1 saturated heterocycles. The van der Waals surface area contributed by atoms with E-state index < -0.39 is 11.8 Å². The van der Waals surface area contributed by atoms with Gasteiger partial charge in [-0.25, -0.2) is 0 Å². The zero-order valence-corrected chi connectivity index (χ0v) is 19.4. The van der Waals surface area contributed by atoms with Crippen molar-refractivity contribution >= 4 is 75.1 Å². The summed E-state index contributed by atoms with van der Waals surface area (Å²) in [6, 6.07) is 8.64. The highest BCUT2D eigenvalue weighted by Gasteiger charge is 2.35. The van der Waals surface area contributed by atoms with Gasteiger partial charge in [-0.05, 0) is 83.2 Å². The third kappa shape index (κ3) is 4.10. The molecule has 0 radical (unpaired) electrons. The number of nitrogens with zero attached hydrogens (tertiary/aromatic N) is 1. The van der Waals surface area contributed by atoms with Gasteiger partial charge in [0.2, 0.25) is 0 Å². The number of carbonyl (C=O) groups excluding carboxylic acids is 2. The van der Waals surface area contributed by atoms with Crippen molar-refractivity contribution in [2.75, 3.05) is 19.1 Å². The van der Waals surface area contributed by atoms with Gasteiger partial charge in [-0.2, -0.15) is 0 Å². The minimum Gasteiger partial charge on any atom is -0.493 e. The number of ether oxygens (including phenoxy) is 2. The Morgan fingerprint density at radius 3 is 2.59 bits per heavy atom. The van der Waals surface area contributed by atoms with Gasteiger partial charge in [-0.15, -0.1) is 0 Å². The second-order valence-corrected chi connectivity index (χ2v) is 8.04. The maximum Gasteiger partial charge on any atom is 0.270 e. The molecular weight excluding hydrogens is 527 g/mol. The zero-order valence-electron chi connectivity index (χ0n) is 15.7. The molecule has 0 atom stereocenters. The Hall–Kier alpha value is -2.17. The van der Waals surface area contributed by atoms with E-state index in [1.54, 1.807) is 44.4 Å². The van der Waals surface area contributed by atoms with Gasteiger partial charge >= 0.3 is 0 Å². The van der Waals surface area contributed by atoms with Crippen molar-refractivity contribution in [3.8, 4) is 11.5 Å². The second-order valence-electron chi connectivity index (χ2n) is 6.08. The van der Waals surface area contributed by atoms with Crippen LogP contribution in [0, 0.1) is 10.5 Å². The average Bonchev–Trinajstić information content (AvgIpc) is 2.67. The SMILES string of the molecule is COc1cc(/C=C2\C(=O)NC(=S)N(c3cccc(Cl)c3C)C2=O)cc(I)c1OC. The van der Waals surface area contributed by atoms with Crippen molar-refractivity contribution in [2.24, 2.45) is 0 Å². The van der Waals surface area contributed by atoms with Crippen LogP contribution < -0.4 is 19.7 Å². The first-order valence-corrected chi connectivity index (χ1v) is 10.2. The van der Waals surface area contributed by atoms with Gasteiger partial charge in [0.25, 0.3) is 11.8 Å². The van der Waals surface area contributed by atoms with Crippen LogP contribution in [0.4, 0.5) is 5.69 Å². The van der Waals surface area contributed by atoms with E-state index in [9.17, 15) is 9.59 Å². The Morgan fingerprint density at radius 2 is 1.93 bits per heavy atom. The van der Waals surface area contributed by atoms with E-state index in [-0.39, 0.29) is 10.7 Å². The molecule has 2 aromatic rings. The molecule has 9 heteroatoms. The number of nitrogens with one attached hydrogen (secondary N) is 1. The summed E-state index contributed by atoms with van der Waals surface area (Å²) in [6.07, 6.45) is 1.50. The first-order valence-electron chi connectivity index (χ1n) is 8.36. The van der Waals surface area contributed by atoms with E-state index >= 15 is 0 Å². The Labute approximate surface area is 191 Å². The van der Waals surface area contributed by atoms with Gasteiger partial charge in [-0.3, -0.25) is 19.8 Å². The topological polar surface area (TPSA) is 67.9 Å². The highest BCUT2D eigenvalue weighted by atomic mass is 127. The molecule has 6 nitrogen and oxygen atoms in total. The second kappa shape index (κ2) is 8.68. The van der Waals surface area contributed by atoms with E-state index in [0.29, 0.717) is 33.3 Å². The monoisotopic (exact) mass is 542 g/mol. The molecule has 2 amide bonds. The number of anilines is 1. The molecule has 0 unspecified atom stereocenters. The summed E-state index contributed by atoms with van der Waals surface area (Å²) in [6.45, 7) is 1.78. The molecule has 3 rings (SSSR count). The van der Waals surface area contributed by atoms with E-state index in [2.05, 4.69) is 27.9 Å². The Kier molecular flexibility index (Phi) is 6.45. The number of methoxy groups -OCH3 is 2. The van der Waals surface area contributed by atoms with Gasteiger partial charge in [0.05, 0.1) is 23.5 Å². The molecule has 0 spiro atoms. The molecular formula is C20H16ClIN2O4S. The predicted molar refractivity (Wildman–Crippen MR) is 125 cm³/mol. The average molecular weight is 543 g/mol. The largest absolute Gasteiger partial charge is 0.493 e. The maximum absolute atomic E-state index is 13.2. The van der Waals surface area contributed by atoms with Crippen LogP contribution in [0.25, 0.3) is 6.08 Å². The van der Waals surface area contributed by atoms with Gasteiger partial charge < -0.3 is 9.47 Å². The van der Waals surface area contributed by atoms with Gasteiger partial charge in [0.15, 0.2) is 16.6 Å². The fourth-order valence-electron chi connectivity index (χ4n) is 2.90. The Bertz CT molecular complexity index is 1070. The minimum absolute atomic E-state index is 0.00408. The molecule has 1 aliphatic heterocycles. The van der Waals surface area contributed by atoms with E-state index in [0.717, 1.165) is 3.57 Å². The normalized spacial score (nSPS) is 15.6. The van der Waals surface area contributed by atoms with Crippen LogP contribution in [0.1, 0.15) is 11.1 Å². The van der Waals surface area contributed by atoms with Crippen LogP contribution in [0.15, 0.2) is 35.9 Å². The molecule has 1 heterocycles. The van der Waals surface area contributed by atoms with Crippen LogP contribution in [0.2, 0.25) is 5.02 Å². The summed E-state index contributed by atoms with van der Waals surface area (Å²) in [7, 11) is 3.06. The lowest BCUT2D eigenvalue weighted by molar-refractivity contribution is -0.122. The number of rotatable bonds is 4. The van der Waals surface area contributed by atoms with Crippen molar-refractivity contribution in [3.05, 3.63) is 55.6 Å². The summed E-state index contributed by atoms with van der Waals surface area (Å²) < 4.78 is 11.5. The van der Waals surface area contributed by atoms with Crippen LogP contribution in [0.3, 0.4) is 0 Å². The Morgan fingerprint density at radius 1 is 1.21 bits per heavy atom. The fraction of sp³-hybridized carbons (Fsp3) is 0.150. The Balaban J connectivity index is 2.09.